The Labute approximate surface area is 171 Å². The Kier molecular flexibility index (Phi) is 6.83. The first-order valence-corrected chi connectivity index (χ1v) is 10.5. The number of thioether (sulfide) groups is 2. The highest BCUT2D eigenvalue weighted by molar-refractivity contribution is 7.99. The van der Waals surface area contributed by atoms with Gasteiger partial charge in [0.2, 0.25) is 11.8 Å². The number of amides is 1. The lowest BCUT2D eigenvalue weighted by Gasteiger charge is -2.06. The first-order chi connectivity index (χ1) is 13.6. The van der Waals surface area contributed by atoms with Crippen LogP contribution in [0.15, 0.2) is 57.0 Å². The minimum atomic E-state index is -0.147. The lowest BCUT2D eigenvalue weighted by Crippen LogP contribution is -2.13. The molecule has 1 aromatic heterocycles. The molecule has 0 aliphatic rings. The highest BCUT2D eigenvalue weighted by atomic mass is 32.2. The van der Waals surface area contributed by atoms with Gasteiger partial charge in [0.05, 0.1) is 20.0 Å². The number of aromatic nitrogens is 2. The summed E-state index contributed by atoms with van der Waals surface area (Å²) in [7, 11) is 3.14. The predicted octanol–water partition coefficient (Wildman–Crippen LogP) is 4.21. The molecule has 0 fully saturated rings. The lowest BCUT2D eigenvalue weighted by molar-refractivity contribution is -0.113. The smallest absolute Gasteiger partial charge is 0.277 e. The summed E-state index contributed by atoms with van der Waals surface area (Å²) in [6, 6.07) is 13.0. The molecule has 1 heterocycles. The van der Waals surface area contributed by atoms with E-state index in [2.05, 4.69) is 15.5 Å². The second kappa shape index (κ2) is 9.52. The number of nitrogens with zero attached hydrogens (tertiary/aromatic N) is 2. The van der Waals surface area contributed by atoms with E-state index in [0.29, 0.717) is 28.2 Å². The van der Waals surface area contributed by atoms with Crippen LogP contribution in [-0.4, -0.2) is 42.3 Å². The summed E-state index contributed by atoms with van der Waals surface area (Å²) < 4.78 is 16.1. The Hall–Kier alpha value is -2.65. The van der Waals surface area contributed by atoms with Crippen LogP contribution in [0.1, 0.15) is 0 Å². The third-order valence-corrected chi connectivity index (χ3v) is 5.23. The highest BCUT2D eigenvalue weighted by Gasteiger charge is 2.13. The number of hydrogen-bond donors (Lipinski definition) is 1. The highest BCUT2D eigenvalue weighted by Crippen LogP contribution is 2.30. The van der Waals surface area contributed by atoms with Crippen molar-refractivity contribution in [1.82, 2.24) is 10.2 Å². The number of carbonyl (C=O) groups is 1. The van der Waals surface area contributed by atoms with Gasteiger partial charge in [-0.05, 0) is 36.6 Å². The van der Waals surface area contributed by atoms with E-state index in [1.807, 2.05) is 30.5 Å². The van der Waals surface area contributed by atoms with Crippen molar-refractivity contribution >= 4 is 35.1 Å². The van der Waals surface area contributed by atoms with Crippen LogP contribution in [-0.2, 0) is 4.79 Å². The number of carbonyl (C=O) groups excluding carboxylic acids is 1. The standard InChI is InChI=1S/C19H19N3O4S2/c1-24-14-7-12(8-15(10-14)25-2)18-21-22-19(26-18)28-11-17(23)20-13-5-4-6-16(9-13)27-3/h4-10H,11H2,1-3H3,(H,20,23). The molecule has 0 spiro atoms. The Morgan fingerprint density at radius 1 is 1.11 bits per heavy atom. The van der Waals surface area contributed by atoms with Crippen molar-refractivity contribution in [3.63, 3.8) is 0 Å². The molecule has 0 radical (unpaired) electrons. The topological polar surface area (TPSA) is 86.5 Å². The van der Waals surface area contributed by atoms with E-state index >= 15 is 0 Å². The van der Waals surface area contributed by atoms with Gasteiger partial charge >= 0.3 is 0 Å². The maximum absolute atomic E-state index is 12.2. The molecule has 1 N–H and O–H groups in total. The normalized spacial score (nSPS) is 10.5. The molecule has 0 bridgehead atoms. The van der Waals surface area contributed by atoms with E-state index in [4.69, 9.17) is 13.9 Å². The third-order valence-electron chi connectivity index (χ3n) is 3.69. The monoisotopic (exact) mass is 417 g/mol. The van der Waals surface area contributed by atoms with Crippen LogP contribution in [0, 0.1) is 0 Å². The molecule has 3 aromatic rings. The Morgan fingerprint density at radius 2 is 1.86 bits per heavy atom. The molecular weight excluding hydrogens is 398 g/mol. The fourth-order valence-electron chi connectivity index (χ4n) is 2.34. The summed E-state index contributed by atoms with van der Waals surface area (Å²) in [4.78, 5) is 13.3. The molecule has 146 valence electrons. The molecular formula is C19H19N3O4S2. The van der Waals surface area contributed by atoms with Crippen molar-refractivity contribution in [2.75, 3.05) is 31.5 Å². The zero-order valence-electron chi connectivity index (χ0n) is 15.6. The largest absolute Gasteiger partial charge is 0.497 e. The zero-order chi connectivity index (χ0) is 19.9. The second-order valence-electron chi connectivity index (χ2n) is 5.54. The number of nitrogens with one attached hydrogen (secondary N) is 1. The van der Waals surface area contributed by atoms with Crippen molar-refractivity contribution in [3.8, 4) is 23.0 Å². The van der Waals surface area contributed by atoms with Gasteiger partial charge in [-0.15, -0.1) is 22.0 Å². The number of ether oxygens (including phenoxy) is 2. The molecule has 0 unspecified atom stereocenters. The Bertz CT molecular complexity index is 940. The minimum absolute atomic E-state index is 0.147. The third kappa shape index (κ3) is 5.20. The van der Waals surface area contributed by atoms with E-state index < -0.39 is 0 Å². The van der Waals surface area contributed by atoms with Crippen molar-refractivity contribution in [2.45, 2.75) is 10.1 Å². The first kappa shape index (κ1) is 20.1. The molecule has 1 amide bonds. The van der Waals surface area contributed by atoms with E-state index in [1.165, 1.54) is 11.8 Å². The zero-order valence-corrected chi connectivity index (χ0v) is 17.2. The van der Waals surface area contributed by atoms with Gasteiger partial charge < -0.3 is 19.2 Å². The van der Waals surface area contributed by atoms with Crippen molar-refractivity contribution in [3.05, 3.63) is 42.5 Å². The number of hydrogen-bond acceptors (Lipinski definition) is 8. The van der Waals surface area contributed by atoms with Crippen LogP contribution < -0.4 is 14.8 Å². The number of methoxy groups -OCH3 is 2. The quantitative estimate of drug-likeness (QED) is 0.546. The van der Waals surface area contributed by atoms with Crippen LogP contribution in [0.4, 0.5) is 5.69 Å². The summed E-state index contributed by atoms with van der Waals surface area (Å²) >= 11 is 2.79. The van der Waals surface area contributed by atoms with Crippen LogP contribution in [0.2, 0.25) is 0 Å². The molecule has 0 saturated heterocycles. The van der Waals surface area contributed by atoms with Crippen LogP contribution >= 0.6 is 23.5 Å². The van der Waals surface area contributed by atoms with Crippen LogP contribution in [0.5, 0.6) is 11.5 Å². The summed E-state index contributed by atoms with van der Waals surface area (Å²) in [5.74, 6) is 1.58. The van der Waals surface area contributed by atoms with Gasteiger partial charge in [-0.3, -0.25) is 4.79 Å². The van der Waals surface area contributed by atoms with Gasteiger partial charge in [0.25, 0.3) is 5.22 Å². The molecule has 3 rings (SSSR count). The predicted molar refractivity (Wildman–Crippen MR) is 110 cm³/mol. The van der Waals surface area contributed by atoms with E-state index in [1.54, 1.807) is 44.2 Å². The van der Waals surface area contributed by atoms with Crippen molar-refractivity contribution < 1.29 is 18.7 Å². The lowest BCUT2D eigenvalue weighted by atomic mass is 10.2. The molecule has 9 heteroatoms. The number of anilines is 1. The minimum Gasteiger partial charge on any atom is -0.497 e. The molecule has 0 aliphatic carbocycles. The summed E-state index contributed by atoms with van der Waals surface area (Å²) in [6.07, 6.45) is 1.99. The fraction of sp³-hybridized carbons (Fsp3) is 0.211. The van der Waals surface area contributed by atoms with Crippen LogP contribution in [0.3, 0.4) is 0 Å². The van der Waals surface area contributed by atoms with E-state index in [0.717, 1.165) is 10.6 Å². The fourth-order valence-corrected chi connectivity index (χ4v) is 3.36. The maximum Gasteiger partial charge on any atom is 0.277 e. The average Bonchev–Trinajstić information content (AvgIpc) is 3.21. The Morgan fingerprint density at radius 3 is 2.54 bits per heavy atom. The molecule has 2 aromatic carbocycles. The van der Waals surface area contributed by atoms with Crippen molar-refractivity contribution in [2.24, 2.45) is 0 Å². The first-order valence-electron chi connectivity index (χ1n) is 8.25. The maximum atomic E-state index is 12.2. The summed E-state index contributed by atoms with van der Waals surface area (Å²) in [5.41, 5.74) is 1.43. The number of benzene rings is 2. The molecule has 0 saturated carbocycles. The second-order valence-corrected chi connectivity index (χ2v) is 7.35. The average molecular weight is 418 g/mol. The van der Waals surface area contributed by atoms with Crippen LogP contribution in [0.25, 0.3) is 11.5 Å². The van der Waals surface area contributed by atoms with Gasteiger partial charge in [-0.1, -0.05) is 17.8 Å². The van der Waals surface area contributed by atoms with E-state index in [9.17, 15) is 4.79 Å². The van der Waals surface area contributed by atoms with Gasteiger partial charge in [-0.2, -0.15) is 0 Å². The van der Waals surface area contributed by atoms with Crippen molar-refractivity contribution in [1.29, 1.82) is 0 Å². The molecule has 28 heavy (non-hydrogen) atoms. The van der Waals surface area contributed by atoms with Gasteiger partial charge in [-0.25, -0.2) is 0 Å². The molecule has 0 atom stereocenters. The Balaban J connectivity index is 1.62. The van der Waals surface area contributed by atoms with Gasteiger partial charge in [0.15, 0.2) is 0 Å². The number of rotatable bonds is 8. The van der Waals surface area contributed by atoms with E-state index in [-0.39, 0.29) is 11.7 Å². The molecule has 7 nitrogen and oxygen atoms in total. The SMILES string of the molecule is COc1cc(OC)cc(-c2nnc(SCC(=O)Nc3cccc(SC)c3)o2)c1. The van der Waals surface area contributed by atoms with Gasteiger partial charge in [0, 0.05) is 22.2 Å². The summed E-state index contributed by atoms with van der Waals surface area (Å²) in [6.45, 7) is 0. The van der Waals surface area contributed by atoms with Gasteiger partial charge in [0.1, 0.15) is 11.5 Å². The molecule has 0 aliphatic heterocycles. The summed E-state index contributed by atoms with van der Waals surface area (Å²) in [5, 5.41) is 11.2.